The molecule has 10 aromatic rings. The zero-order valence-corrected chi connectivity index (χ0v) is 35.8. The lowest BCUT2D eigenvalue weighted by molar-refractivity contribution is 0.571. The van der Waals surface area contributed by atoms with Gasteiger partial charge in [-0.25, -0.2) is 0 Å². The van der Waals surface area contributed by atoms with Gasteiger partial charge in [0.05, 0.1) is 5.54 Å². The molecule has 2 heteroatoms. The summed E-state index contributed by atoms with van der Waals surface area (Å²) in [4.78, 5) is 2.54. The number of furan rings is 1. The summed E-state index contributed by atoms with van der Waals surface area (Å²) in [6, 6.07) is 72.7. The molecule has 0 aliphatic heterocycles. The lowest BCUT2D eigenvalue weighted by Crippen LogP contribution is -2.42. The standard InChI is InChI=1S/C61H47NO/c1-41-14-4-7-23-54(41)56-26-13-25-55(42(56)2)51-20-12-22-53(39-51)62(52-21-11-19-48(38-52)50-30-31-60-58(40-50)57-24-8-9-27-59(57)63-60)61(3)34-32-44(33-35-61)46-17-10-18-47(36-46)49-29-28-43-15-5-6-16-45(43)37-49/h4-34,36-40H,35H2,1-3H3. The van der Waals surface area contributed by atoms with Gasteiger partial charge in [-0.1, -0.05) is 164 Å². The molecule has 1 aromatic heterocycles. The Kier molecular flexibility index (Phi) is 9.51. The van der Waals surface area contributed by atoms with Crippen molar-refractivity contribution < 1.29 is 4.42 Å². The quantitative estimate of drug-likeness (QED) is 0.152. The van der Waals surface area contributed by atoms with Crippen LogP contribution in [0.15, 0.2) is 223 Å². The summed E-state index contributed by atoms with van der Waals surface area (Å²) in [7, 11) is 0. The van der Waals surface area contributed by atoms with Crippen molar-refractivity contribution in [2.24, 2.45) is 0 Å². The number of rotatable bonds is 8. The van der Waals surface area contributed by atoms with E-state index in [9.17, 15) is 0 Å². The van der Waals surface area contributed by atoms with Gasteiger partial charge in [-0.15, -0.1) is 0 Å². The summed E-state index contributed by atoms with van der Waals surface area (Å²) >= 11 is 0. The summed E-state index contributed by atoms with van der Waals surface area (Å²) in [5.74, 6) is 0. The van der Waals surface area contributed by atoms with Gasteiger partial charge in [-0.05, 0) is 159 Å². The van der Waals surface area contributed by atoms with Crippen LogP contribution in [0.3, 0.4) is 0 Å². The van der Waals surface area contributed by atoms with Crippen LogP contribution in [0.5, 0.6) is 0 Å². The largest absolute Gasteiger partial charge is 0.456 e. The van der Waals surface area contributed by atoms with Crippen LogP contribution in [0.25, 0.3) is 82.8 Å². The van der Waals surface area contributed by atoms with Crippen LogP contribution >= 0.6 is 0 Å². The third-order valence-electron chi connectivity index (χ3n) is 13.1. The number of aryl methyl sites for hydroxylation is 1. The minimum absolute atomic E-state index is 0.376. The minimum atomic E-state index is -0.376. The lowest BCUT2D eigenvalue weighted by Gasteiger charge is -2.42. The highest BCUT2D eigenvalue weighted by Gasteiger charge is 2.33. The molecular weight excluding hydrogens is 763 g/mol. The van der Waals surface area contributed by atoms with E-state index in [0.29, 0.717) is 0 Å². The molecule has 0 radical (unpaired) electrons. The topological polar surface area (TPSA) is 16.4 Å². The number of hydrogen-bond acceptors (Lipinski definition) is 2. The molecule has 63 heavy (non-hydrogen) atoms. The predicted molar refractivity (Wildman–Crippen MR) is 268 cm³/mol. The van der Waals surface area contributed by atoms with Crippen LogP contribution < -0.4 is 4.90 Å². The molecule has 0 amide bonds. The lowest BCUT2D eigenvalue weighted by atomic mass is 9.85. The molecule has 0 saturated carbocycles. The second-order valence-electron chi connectivity index (χ2n) is 17.2. The third-order valence-corrected chi connectivity index (χ3v) is 13.1. The molecule has 9 aromatic carbocycles. The molecule has 0 fully saturated rings. The van der Waals surface area contributed by atoms with E-state index in [-0.39, 0.29) is 5.54 Å². The second kappa shape index (κ2) is 15.7. The van der Waals surface area contributed by atoms with E-state index in [1.54, 1.807) is 0 Å². The van der Waals surface area contributed by atoms with E-state index >= 15 is 0 Å². The summed E-state index contributed by atoms with van der Waals surface area (Å²) in [5, 5.41) is 4.78. The Balaban J connectivity index is 0.993. The molecule has 0 bridgehead atoms. The highest BCUT2D eigenvalue weighted by molar-refractivity contribution is 6.06. The molecule has 0 spiro atoms. The number of benzene rings is 9. The van der Waals surface area contributed by atoms with Gasteiger partial charge in [0.1, 0.15) is 11.2 Å². The highest BCUT2D eigenvalue weighted by atomic mass is 16.3. The number of hydrogen-bond donors (Lipinski definition) is 0. The fraction of sp³-hybridized carbons (Fsp3) is 0.0820. The molecule has 1 heterocycles. The van der Waals surface area contributed by atoms with Crippen molar-refractivity contribution in [3.63, 3.8) is 0 Å². The molecular formula is C61H47NO. The van der Waals surface area contributed by atoms with E-state index in [0.717, 1.165) is 50.9 Å². The number of para-hydroxylation sites is 1. The summed E-state index contributed by atoms with van der Waals surface area (Å²) in [6.07, 6.45) is 7.99. The Hall–Kier alpha value is -7.68. The first-order valence-electron chi connectivity index (χ1n) is 22.0. The van der Waals surface area contributed by atoms with E-state index in [2.05, 4.69) is 232 Å². The number of nitrogens with zero attached hydrogens (tertiary/aromatic N) is 1. The molecule has 302 valence electrons. The van der Waals surface area contributed by atoms with Crippen LogP contribution in [-0.4, -0.2) is 5.54 Å². The molecule has 1 atom stereocenters. The number of fused-ring (bicyclic) bond motifs is 4. The zero-order chi connectivity index (χ0) is 42.5. The normalized spacial score (nSPS) is 14.9. The van der Waals surface area contributed by atoms with Crippen molar-refractivity contribution >= 4 is 49.7 Å². The van der Waals surface area contributed by atoms with Crippen molar-refractivity contribution in [2.45, 2.75) is 32.7 Å². The molecule has 1 aliphatic rings. The van der Waals surface area contributed by atoms with Gasteiger partial charge in [0, 0.05) is 22.1 Å². The smallest absolute Gasteiger partial charge is 0.135 e. The van der Waals surface area contributed by atoms with E-state index < -0.39 is 0 Å². The van der Waals surface area contributed by atoms with Crippen molar-refractivity contribution in [3.05, 3.63) is 235 Å². The van der Waals surface area contributed by atoms with Crippen LogP contribution in [0.2, 0.25) is 0 Å². The van der Waals surface area contributed by atoms with E-state index in [1.807, 2.05) is 12.1 Å². The maximum absolute atomic E-state index is 6.21. The van der Waals surface area contributed by atoms with E-state index in [1.165, 1.54) is 66.4 Å². The van der Waals surface area contributed by atoms with Crippen molar-refractivity contribution in [2.75, 3.05) is 4.90 Å². The fourth-order valence-corrected chi connectivity index (χ4v) is 9.75. The maximum atomic E-state index is 6.21. The monoisotopic (exact) mass is 809 g/mol. The van der Waals surface area contributed by atoms with Gasteiger partial charge in [0.15, 0.2) is 0 Å². The van der Waals surface area contributed by atoms with Crippen LogP contribution in [0.1, 0.15) is 30.0 Å². The first-order chi connectivity index (χ1) is 30.9. The van der Waals surface area contributed by atoms with Gasteiger partial charge in [0.25, 0.3) is 0 Å². The first kappa shape index (κ1) is 38.3. The Morgan fingerprint density at radius 1 is 0.444 bits per heavy atom. The zero-order valence-electron chi connectivity index (χ0n) is 35.8. The Bertz CT molecular complexity index is 3440. The SMILES string of the molecule is Cc1ccccc1-c1cccc(-c2cccc(N(c3cccc(-c4ccc5oc6ccccc6c5c4)c3)C3(C)C=CC(c4cccc(-c5ccc6ccccc6c5)c4)=CC3)c2)c1C. The van der Waals surface area contributed by atoms with Crippen molar-refractivity contribution in [3.8, 4) is 44.5 Å². The Labute approximate surface area is 369 Å². The molecule has 2 nitrogen and oxygen atoms in total. The molecule has 0 saturated heterocycles. The number of allylic oxidation sites excluding steroid dienone is 2. The van der Waals surface area contributed by atoms with Crippen LogP contribution in [-0.2, 0) is 0 Å². The Morgan fingerprint density at radius 2 is 1.05 bits per heavy atom. The van der Waals surface area contributed by atoms with Crippen molar-refractivity contribution in [1.82, 2.24) is 0 Å². The minimum Gasteiger partial charge on any atom is -0.456 e. The molecule has 1 aliphatic carbocycles. The van der Waals surface area contributed by atoms with E-state index in [4.69, 9.17) is 4.42 Å². The second-order valence-corrected chi connectivity index (χ2v) is 17.2. The van der Waals surface area contributed by atoms with Gasteiger partial charge in [0.2, 0.25) is 0 Å². The van der Waals surface area contributed by atoms with Gasteiger partial charge >= 0.3 is 0 Å². The van der Waals surface area contributed by atoms with Gasteiger partial charge in [-0.2, -0.15) is 0 Å². The fourth-order valence-electron chi connectivity index (χ4n) is 9.75. The molecule has 11 rings (SSSR count). The third kappa shape index (κ3) is 7.04. The average molecular weight is 810 g/mol. The summed E-state index contributed by atoms with van der Waals surface area (Å²) in [5.41, 5.74) is 18.5. The maximum Gasteiger partial charge on any atom is 0.135 e. The predicted octanol–water partition coefficient (Wildman–Crippen LogP) is 17.0. The average Bonchev–Trinajstić information content (AvgIpc) is 3.70. The molecule has 1 unspecified atom stereocenters. The van der Waals surface area contributed by atoms with Crippen LogP contribution in [0, 0.1) is 13.8 Å². The van der Waals surface area contributed by atoms with Crippen molar-refractivity contribution in [1.29, 1.82) is 0 Å². The van der Waals surface area contributed by atoms with Gasteiger partial charge in [-0.3, -0.25) is 0 Å². The molecule has 0 N–H and O–H groups in total. The summed E-state index contributed by atoms with van der Waals surface area (Å²) < 4.78 is 6.21. The highest BCUT2D eigenvalue weighted by Crippen LogP contribution is 2.44. The summed E-state index contributed by atoms with van der Waals surface area (Å²) in [6.45, 7) is 6.83. The van der Waals surface area contributed by atoms with Gasteiger partial charge < -0.3 is 9.32 Å². The Morgan fingerprint density at radius 3 is 1.87 bits per heavy atom. The van der Waals surface area contributed by atoms with Crippen LogP contribution in [0.4, 0.5) is 11.4 Å². The first-order valence-corrected chi connectivity index (χ1v) is 22.0. The number of anilines is 2.